The maximum absolute atomic E-state index is 11.5. The predicted octanol–water partition coefficient (Wildman–Crippen LogP) is 1.99. The molecule has 4 heteroatoms. The van der Waals surface area contributed by atoms with Crippen molar-refractivity contribution in [1.29, 1.82) is 0 Å². The molecule has 0 unspecified atom stereocenters. The summed E-state index contributed by atoms with van der Waals surface area (Å²) in [5.41, 5.74) is 6.50. The number of carbonyl (C=O) groups is 1. The highest BCUT2D eigenvalue weighted by atomic mass is 79.9. The van der Waals surface area contributed by atoms with Gasteiger partial charge in [-0.1, -0.05) is 0 Å². The Balaban J connectivity index is 3.14. The summed E-state index contributed by atoms with van der Waals surface area (Å²) < 4.78 is 0.619. The lowest BCUT2D eigenvalue weighted by atomic mass is 10.1. The Labute approximate surface area is 91.1 Å². The van der Waals surface area contributed by atoms with Crippen LogP contribution >= 0.6 is 15.9 Å². The Kier molecular flexibility index (Phi) is 3.66. The molecule has 1 rings (SSSR count). The average Bonchev–Trinajstić information content (AvgIpc) is 2.01. The van der Waals surface area contributed by atoms with Gasteiger partial charge in [0.05, 0.1) is 5.56 Å². The molecule has 0 aliphatic carbocycles. The van der Waals surface area contributed by atoms with Crippen molar-refractivity contribution < 1.29 is 9.90 Å². The molecule has 14 heavy (non-hydrogen) atoms. The van der Waals surface area contributed by atoms with Gasteiger partial charge in [0.25, 0.3) is 0 Å². The number of Topliss-reactive ketones (excluding diaryl/α,β-unsaturated/α-hetero) is 1. The lowest BCUT2D eigenvalue weighted by Gasteiger charge is -2.06. The van der Waals surface area contributed by atoms with E-state index in [1.807, 2.05) is 6.92 Å². The van der Waals surface area contributed by atoms with E-state index in [0.29, 0.717) is 16.6 Å². The maximum atomic E-state index is 11.5. The fraction of sp³-hybridized carbons (Fsp3) is 0.300. The number of carbonyl (C=O) groups excluding carboxylic acids is 1. The first-order valence-corrected chi connectivity index (χ1v) is 5.08. The number of aromatic hydroxyl groups is 1. The minimum atomic E-state index is -0.142. The third kappa shape index (κ3) is 2.33. The smallest absolute Gasteiger partial charge is 0.168 e. The van der Waals surface area contributed by atoms with Gasteiger partial charge in [-0.2, -0.15) is 0 Å². The molecule has 76 valence electrons. The maximum Gasteiger partial charge on any atom is 0.168 e. The van der Waals surface area contributed by atoms with Crippen LogP contribution in [0.1, 0.15) is 22.3 Å². The van der Waals surface area contributed by atoms with E-state index in [0.717, 1.165) is 5.56 Å². The van der Waals surface area contributed by atoms with Crippen molar-refractivity contribution in [3.05, 3.63) is 27.7 Å². The third-order valence-corrected chi connectivity index (χ3v) is 2.49. The van der Waals surface area contributed by atoms with Gasteiger partial charge in [0.1, 0.15) is 5.75 Å². The molecule has 0 aliphatic heterocycles. The van der Waals surface area contributed by atoms with Gasteiger partial charge in [-0.25, -0.2) is 0 Å². The number of rotatable bonds is 3. The van der Waals surface area contributed by atoms with E-state index in [1.165, 1.54) is 0 Å². The number of ketones is 1. The highest BCUT2D eigenvalue weighted by Gasteiger charge is 2.14. The number of phenolic OH excluding ortho intramolecular Hbond substituents is 1. The quantitative estimate of drug-likeness (QED) is 0.815. The number of aryl methyl sites for hydroxylation is 1. The molecule has 0 spiro atoms. The molecule has 0 atom stereocenters. The Morgan fingerprint density at radius 2 is 2.21 bits per heavy atom. The van der Waals surface area contributed by atoms with Crippen molar-refractivity contribution in [3.63, 3.8) is 0 Å². The number of hydrogen-bond donors (Lipinski definition) is 2. The molecule has 0 radical (unpaired) electrons. The van der Waals surface area contributed by atoms with Crippen LogP contribution in [-0.2, 0) is 0 Å². The molecule has 0 saturated carbocycles. The predicted molar refractivity (Wildman–Crippen MR) is 58.5 cm³/mol. The van der Waals surface area contributed by atoms with Gasteiger partial charge in [-0.05, 0) is 47.1 Å². The van der Waals surface area contributed by atoms with Crippen molar-refractivity contribution in [2.75, 3.05) is 6.54 Å². The van der Waals surface area contributed by atoms with Crippen LogP contribution in [0.25, 0.3) is 0 Å². The van der Waals surface area contributed by atoms with E-state index in [9.17, 15) is 9.90 Å². The van der Waals surface area contributed by atoms with E-state index in [4.69, 9.17) is 5.73 Å². The van der Waals surface area contributed by atoms with Crippen molar-refractivity contribution >= 4 is 21.7 Å². The molecule has 0 aromatic heterocycles. The highest BCUT2D eigenvalue weighted by Crippen LogP contribution is 2.28. The SMILES string of the molecule is Cc1cc(O)c(C(=O)CCN)c(Br)c1. The highest BCUT2D eigenvalue weighted by molar-refractivity contribution is 9.10. The minimum absolute atomic E-state index is 0.00956. The van der Waals surface area contributed by atoms with E-state index in [-0.39, 0.29) is 18.0 Å². The molecule has 0 bridgehead atoms. The first kappa shape index (κ1) is 11.2. The molecule has 0 amide bonds. The summed E-state index contributed by atoms with van der Waals surface area (Å²) in [5.74, 6) is -0.132. The molecule has 1 aromatic carbocycles. The molecule has 3 nitrogen and oxygen atoms in total. The molecule has 0 saturated heterocycles. The van der Waals surface area contributed by atoms with Crippen LogP contribution in [0.15, 0.2) is 16.6 Å². The summed E-state index contributed by atoms with van der Waals surface area (Å²) in [4.78, 5) is 11.5. The number of phenols is 1. The standard InChI is InChI=1S/C10H12BrNO2/c1-6-4-7(11)10(9(14)5-6)8(13)2-3-12/h4-5,14H,2-3,12H2,1H3. The Morgan fingerprint density at radius 1 is 1.57 bits per heavy atom. The van der Waals surface area contributed by atoms with Crippen LogP contribution in [0.5, 0.6) is 5.75 Å². The van der Waals surface area contributed by atoms with Crippen LogP contribution in [0.2, 0.25) is 0 Å². The summed E-state index contributed by atoms with van der Waals surface area (Å²) >= 11 is 3.25. The normalized spacial score (nSPS) is 10.2. The van der Waals surface area contributed by atoms with Crippen LogP contribution in [-0.4, -0.2) is 17.4 Å². The lowest BCUT2D eigenvalue weighted by molar-refractivity contribution is 0.0982. The average molecular weight is 258 g/mol. The van der Waals surface area contributed by atoms with Gasteiger partial charge >= 0.3 is 0 Å². The molecular formula is C10H12BrNO2. The van der Waals surface area contributed by atoms with E-state index in [2.05, 4.69) is 15.9 Å². The van der Waals surface area contributed by atoms with Crippen LogP contribution in [0, 0.1) is 6.92 Å². The Hall–Kier alpha value is -0.870. The number of benzene rings is 1. The number of halogens is 1. The van der Waals surface area contributed by atoms with Crippen LogP contribution in [0.4, 0.5) is 0 Å². The second-order valence-corrected chi connectivity index (χ2v) is 3.96. The lowest BCUT2D eigenvalue weighted by Crippen LogP contribution is -2.09. The number of nitrogens with two attached hydrogens (primary N) is 1. The van der Waals surface area contributed by atoms with Crippen LogP contribution in [0.3, 0.4) is 0 Å². The van der Waals surface area contributed by atoms with Crippen molar-refractivity contribution in [1.82, 2.24) is 0 Å². The topological polar surface area (TPSA) is 63.3 Å². The summed E-state index contributed by atoms with van der Waals surface area (Å²) in [6, 6.07) is 3.36. The monoisotopic (exact) mass is 257 g/mol. The second-order valence-electron chi connectivity index (χ2n) is 3.10. The zero-order valence-electron chi connectivity index (χ0n) is 7.88. The van der Waals surface area contributed by atoms with Gasteiger partial charge in [0, 0.05) is 10.9 Å². The van der Waals surface area contributed by atoms with Crippen LogP contribution < -0.4 is 5.73 Å². The molecule has 0 fully saturated rings. The van der Waals surface area contributed by atoms with Crippen molar-refractivity contribution in [2.24, 2.45) is 5.73 Å². The summed E-state index contributed by atoms with van der Waals surface area (Å²) in [6.45, 7) is 2.14. The zero-order valence-corrected chi connectivity index (χ0v) is 9.47. The second kappa shape index (κ2) is 4.57. The fourth-order valence-corrected chi connectivity index (χ4v) is 2.04. The van der Waals surface area contributed by atoms with E-state index >= 15 is 0 Å². The van der Waals surface area contributed by atoms with Gasteiger partial charge < -0.3 is 10.8 Å². The molecule has 3 N–H and O–H groups in total. The summed E-state index contributed by atoms with van der Waals surface area (Å²) in [5, 5.41) is 9.58. The zero-order chi connectivity index (χ0) is 10.7. The van der Waals surface area contributed by atoms with E-state index in [1.54, 1.807) is 12.1 Å². The summed E-state index contributed by atoms with van der Waals surface area (Å²) in [7, 11) is 0. The number of hydrogen-bond acceptors (Lipinski definition) is 3. The van der Waals surface area contributed by atoms with E-state index < -0.39 is 0 Å². The van der Waals surface area contributed by atoms with Gasteiger partial charge in [-0.3, -0.25) is 4.79 Å². The van der Waals surface area contributed by atoms with Crippen molar-refractivity contribution in [2.45, 2.75) is 13.3 Å². The largest absolute Gasteiger partial charge is 0.507 e. The minimum Gasteiger partial charge on any atom is -0.507 e. The first-order valence-electron chi connectivity index (χ1n) is 4.28. The Morgan fingerprint density at radius 3 is 2.71 bits per heavy atom. The Bertz CT molecular complexity index is 340. The fourth-order valence-electron chi connectivity index (χ4n) is 1.26. The first-order chi connectivity index (χ1) is 6.56. The molecular weight excluding hydrogens is 246 g/mol. The molecule has 0 aliphatic rings. The molecule has 1 aromatic rings. The third-order valence-electron chi connectivity index (χ3n) is 1.86. The molecule has 0 heterocycles. The van der Waals surface area contributed by atoms with Gasteiger partial charge in [-0.15, -0.1) is 0 Å². The summed E-state index contributed by atoms with van der Waals surface area (Å²) in [6.07, 6.45) is 0.245. The van der Waals surface area contributed by atoms with Gasteiger partial charge in [0.15, 0.2) is 5.78 Å². The van der Waals surface area contributed by atoms with Gasteiger partial charge in [0.2, 0.25) is 0 Å². The van der Waals surface area contributed by atoms with Crippen molar-refractivity contribution in [3.8, 4) is 5.75 Å².